The van der Waals surface area contributed by atoms with E-state index >= 15 is 0 Å². The number of hydrogen-bond acceptors (Lipinski definition) is 2. The van der Waals surface area contributed by atoms with Crippen LogP contribution in [0.4, 0.5) is 0 Å². The molecule has 3 nitrogen and oxygen atoms in total. The van der Waals surface area contributed by atoms with E-state index in [-0.39, 0.29) is 0 Å². The third-order valence-corrected chi connectivity index (χ3v) is 5.44. The number of para-hydroxylation sites is 2. The number of nitrogens with one attached hydrogen (secondary N) is 1. The molecule has 0 spiro atoms. The van der Waals surface area contributed by atoms with Gasteiger partial charge in [0.05, 0.1) is 11.0 Å². The van der Waals surface area contributed by atoms with E-state index in [1.54, 1.807) is 0 Å². The highest BCUT2D eigenvalue weighted by molar-refractivity contribution is 6.05. The van der Waals surface area contributed by atoms with Crippen LogP contribution in [0.5, 0.6) is 0 Å². The van der Waals surface area contributed by atoms with Crippen molar-refractivity contribution in [3.8, 4) is 0 Å². The maximum Gasteiger partial charge on any atom is 0.157 e. The average Bonchev–Trinajstić information content (AvgIpc) is 3.09. The molecule has 0 amide bonds. The average molecular weight is 359 g/mol. The molecule has 6 aromatic rings. The van der Waals surface area contributed by atoms with Crippen LogP contribution in [0.1, 0.15) is 11.1 Å². The monoisotopic (exact) mass is 359 g/mol. The molecule has 6 rings (SSSR count). The molecule has 0 unspecified atom stereocenters. The van der Waals surface area contributed by atoms with Crippen LogP contribution in [0.3, 0.4) is 0 Å². The Kier molecular flexibility index (Phi) is 3.23. The fourth-order valence-electron chi connectivity index (χ4n) is 4.08. The van der Waals surface area contributed by atoms with E-state index in [4.69, 9.17) is 9.97 Å². The van der Waals surface area contributed by atoms with E-state index < -0.39 is 0 Å². The van der Waals surface area contributed by atoms with Crippen LogP contribution in [-0.4, -0.2) is 15.0 Å². The Balaban J connectivity index is 1.52. The summed E-state index contributed by atoms with van der Waals surface area (Å²) in [6.45, 7) is 0. The maximum atomic E-state index is 4.87. The number of nitrogens with zero attached hydrogens (tertiary/aromatic N) is 2. The molecule has 4 aromatic carbocycles. The number of hydrogen-bond donors (Lipinski definition) is 1. The van der Waals surface area contributed by atoms with Crippen molar-refractivity contribution in [2.24, 2.45) is 0 Å². The zero-order valence-electron chi connectivity index (χ0n) is 15.2. The summed E-state index contributed by atoms with van der Waals surface area (Å²) in [7, 11) is 0. The lowest BCUT2D eigenvalue weighted by atomic mass is 9.98. The third-order valence-electron chi connectivity index (χ3n) is 5.44. The van der Waals surface area contributed by atoms with Gasteiger partial charge in [-0.15, -0.1) is 0 Å². The second-order valence-electron chi connectivity index (χ2n) is 7.23. The molecule has 2 aromatic heterocycles. The van der Waals surface area contributed by atoms with E-state index in [0.717, 1.165) is 39.5 Å². The van der Waals surface area contributed by atoms with Gasteiger partial charge >= 0.3 is 0 Å². The molecule has 0 radical (unpaired) electrons. The van der Waals surface area contributed by atoms with E-state index in [0.29, 0.717) is 0 Å². The highest BCUT2D eigenvalue weighted by atomic mass is 14.9. The van der Waals surface area contributed by atoms with E-state index in [1.165, 1.54) is 21.9 Å². The Morgan fingerprint density at radius 3 is 2.39 bits per heavy atom. The number of aromatic nitrogens is 3. The summed E-state index contributed by atoms with van der Waals surface area (Å²) in [4.78, 5) is 13.0. The van der Waals surface area contributed by atoms with Gasteiger partial charge in [0.25, 0.3) is 0 Å². The predicted octanol–water partition coefficient (Wildman–Crippen LogP) is 6.01. The zero-order valence-corrected chi connectivity index (χ0v) is 15.2. The van der Waals surface area contributed by atoms with Crippen molar-refractivity contribution in [3.63, 3.8) is 0 Å². The lowest BCUT2D eigenvalue weighted by Gasteiger charge is -2.07. The summed E-state index contributed by atoms with van der Waals surface area (Å²) in [6, 6.07) is 29.7. The normalized spacial score (nSPS) is 11.7. The van der Waals surface area contributed by atoms with E-state index in [1.807, 2.05) is 24.3 Å². The molecule has 28 heavy (non-hydrogen) atoms. The second kappa shape index (κ2) is 5.89. The van der Waals surface area contributed by atoms with Crippen molar-refractivity contribution < 1.29 is 0 Å². The molecule has 0 fully saturated rings. The van der Waals surface area contributed by atoms with Crippen LogP contribution in [0, 0.1) is 0 Å². The fraction of sp³-hybridized carbons (Fsp3) is 0.0400. The molecule has 0 bridgehead atoms. The number of fused-ring (bicyclic) bond motifs is 5. The molecular formula is C25H17N3. The van der Waals surface area contributed by atoms with Gasteiger partial charge in [0.1, 0.15) is 5.52 Å². The maximum absolute atomic E-state index is 4.87. The van der Waals surface area contributed by atoms with Crippen molar-refractivity contribution in [3.05, 3.63) is 96.1 Å². The Hall–Kier alpha value is -3.72. The second-order valence-corrected chi connectivity index (χ2v) is 7.23. The standard InChI is InChI=1S/C25H17N3/c1-2-9-19-17(6-1)7-5-8-18(19)14-16-12-13-21-20(15-16)24-25(27-21)28-23-11-4-3-10-22(23)26-24/h1-13,15H,14H2,(H,27,28). The van der Waals surface area contributed by atoms with E-state index in [9.17, 15) is 0 Å². The molecule has 0 aliphatic heterocycles. The van der Waals surface area contributed by atoms with Crippen molar-refractivity contribution in [2.75, 3.05) is 0 Å². The van der Waals surface area contributed by atoms with Gasteiger partial charge in [-0.1, -0.05) is 60.7 Å². The summed E-state index contributed by atoms with van der Waals surface area (Å²) >= 11 is 0. The predicted molar refractivity (Wildman–Crippen MR) is 116 cm³/mol. The summed E-state index contributed by atoms with van der Waals surface area (Å²) in [5.74, 6) is 0. The van der Waals surface area contributed by atoms with Gasteiger partial charge in [0, 0.05) is 10.9 Å². The molecule has 0 saturated carbocycles. The highest BCUT2D eigenvalue weighted by Gasteiger charge is 2.10. The van der Waals surface area contributed by atoms with Gasteiger partial charge in [-0.3, -0.25) is 0 Å². The largest absolute Gasteiger partial charge is 0.338 e. The van der Waals surface area contributed by atoms with Gasteiger partial charge < -0.3 is 4.98 Å². The topological polar surface area (TPSA) is 41.6 Å². The minimum Gasteiger partial charge on any atom is -0.338 e. The van der Waals surface area contributed by atoms with Crippen LogP contribution in [0.15, 0.2) is 84.9 Å². The molecular weight excluding hydrogens is 342 g/mol. The van der Waals surface area contributed by atoms with Gasteiger partial charge in [-0.2, -0.15) is 0 Å². The Morgan fingerprint density at radius 1 is 0.679 bits per heavy atom. The van der Waals surface area contributed by atoms with Crippen LogP contribution < -0.4 is 0 Å². The summed E-state index contributed by atoms with van der Waals surface area (Å²) in [6.07, 6.45) is 0.894. The van der Waals surface area contributed by atoms with Gasteiger partial charge in [-0.25, -0.2) is 9.97 Å². The first kappa shape index (κ1) is 15.3. The SMILES string of the molecule is c1ccc2c(Cc3ccc4[nH]c5nc6ccccc6nc5c4c3)cccc2c1. The van der Waals surface area contributed by atoms with Crippen LogP contribution in [-0.2, 0) is 6.42 Å². The summed E-state index contributed by atoms with van der Waals surface area (Å²) < 4.78 is 0. The summed E-state index contributed by atoms with van der Waals surface area (Å²) in [5, 5.41) is 3.73. The highest BCUT2D eigenvalue weighted by Crippen LogP contribution is 2.28. The number of rotatable bonds is 2. The third kappa shape index (κ3) is 2.37. The molecule has 0 atom stereocenters. The van der Waals surface area contributed by atoms with Gasteiger partial charge in [-0.05, 0) is 52.6 Å². The Morgan fingerprint density at radius 2 is 1.46 bits per heavy atom. The lowest BCUT2D eigenvalue weighted by molar-refractivity contribution is 1.22. The fourth-order valence-corrected chi connectivity index (χ4v) is 4.08. The van der Waals surface area contributed by atoms with E-state index in [2.05, 4.69) is 65.6 Å². The Labute approximate surface area is 161 Å². The zero-order chi connectivity index (χ0) is 18.5. The summed E-state index contributed by atoms with van der Waals surface area (Å²) in [5.41, 5.74) is 7.32. The molecule has 0 aliphatic rings. The molecule has 0 saturated heterocycles. The molecule has 2 heterocycles. The van der Waals surface area contributed by atoms with Crippen LogP contribution >= 0.6 is 0 Å². The molecule has 1 N–H and O–H groups in total. The van der Waals surface area contributed by atoms with Crippen LogP contribution in [0.2, 0.25) is 0 Å². The molecule has 3 heteroatoms. The van der Waals surface area contributed by atoms with Gasteiger partial charge in [0.2, 0.25) is 0 Å². The Bertz CT molecular complexity index is 1490. The van der Waals surface area contributed by atoms with Crippen molar-refractivity contribution in [2.45, 2.75) is 6.42 Å². The molecule has 0 aliphatic carbocycles. The quantitative estimate of drug-likeness (QED) is 0.411. The first-order valence-corrected chi connectivity index (χ1v) is 9.49. The van der Waals surface area contributed by atoms with Crippen molar-refractivity contribution >= 4 is 43.9 Å². The van der Waals surface area contributed by atoms with Crippen molar-refractivity contribution in [1.82, 2.24) is 15.0 Å². The molecule has 132 valence electrons. The number of H-pyrrole nitrogens is 1. The number of aromatic amines is 1. The van der Waals surface area contributed by atoms with Crippen molar-refractivity contribution in [1.29, 1.82) is 0 Å². The minimum absolute atomic E-state index is 0.844. The number of benzene rings is 4. The van der Waals surface area contributed by atoms with Gasteiger partial charge in [0.15, 0.2) is 5.65 Å². The first-order valence-electron chi connectivity index (χ1n) is 9.49. The first-order chi connectivity index (χ1) is 13.8. The van der Waals surface area contributed by atoms with Crippen LogP contribution in [0.25, 0.3) is 43.9 Å². The lowest BCUT2D eigenvalue weighted by Crippen LogP contribution is -1.90. The minimum atomic E-state index is 0.844. The smallest absolute Gasteiger partial charge is 0.157 e.